The lowest BCUT2D eigenvalue weighted by atomic mass is 10.2. The largest absolute Gasteiger partial charge is 0.341 e. The zero-order valence-corrected chi connectivity index (χ0v) is 8.99. The van der Waals surface area contributed by atoms with Gasteiger partial charge in [-0.3, -0.25) is 14.9 Å². The van der Waals surface area contributed by atoms with E-state index in [-0.39, 0.29) is 12.1 Å². The van der Waals surface area contributed by atoms with E-state index in [1.807, 2.05) is 0 Å². The van der Waals surface area contributed by atoms with Crippen LogP contribution < -0.4 is 5.32 Å². The molecule has 17 heavy (non-hydrogen) atoms. The van der Waals surface area contributed by atoms with Crippen LogP contribution in [-0.4, -0.2) is 17.4 Å². The van der Waals surface area contributed by atoms with Crippen molar-refractivity contribution in [2.75, 3.05) is 6.54 Å². The molecule has 0 unspecified atom stereocenters. The molecule has 0 saturated carbocycles. The number of hydrogen-bond donors (Lipinski definition) is 1. The van der Waals surface area contributed by atoms with Crippen LogP contribution in [0.1, 0.15) is 17.3 Å². The number of carbonyl (C=O) groups excluding carboxylic acids is 1. The van der Waals surface area contributed by atoms with E-state index < -0.39 is 22.3 Å². The summed E-state index contributed by atoms with van der Waals surface area (Å²) in [5.74, 6) is 3.68. The Morgan fingerprint density at radius 3 is 2.88 bits per heavy atom. The Bertz CT molecular complexity index is 517. The molecule has 1 aromatic carbocycles. The molecule has 0 heterocycles. The van der Waals surface area contributed by atoms with Crippen LogP contribution >= 0.6 is 0 Å². The van der Waals surface area contributed by atoms with Gasteiger partial charge in [0, 0.05) is 11.6 Å². The van der Waals surface area contributed by atoms with Crippen LogP contribution in [0.2, 0.25) is 0 Å². The zero-order valence-electron chi connectivity index (χ0n) is 8.99. The number of rotatable bonds is 3. The maximum atomic E-state index is 13.0. The number of halogens is 1. The Kier molecular flexibility index (Phi) is 4.17. The minimum Gasteiger partial charge on any atom is -0.341 e. The maximum absolute atomic E-state index is 13.0. The van der Waals surface area contributed by atoms with Crippen molar-refractivity contribution in [1.82, 2.24) is 5.32 Å². The lowest BCUT2D eigenvalue weighted by Gasteiger charge is -2.01. The van der Waals surface area contributed by atoms with Gasteiger partial charge in [0.25, 0.3) is 5.91 Å². The summed E-state index contributed by atoms with van der Waals surface area (Å²) in [7, 11) is 0. The van der Waals surface area contributed by atoms with Crippen LogP contribution in [0.5, 0.6) is 0 Å². The average Bonchev–Trinajstić information content (AvgIpc) is 2.29. The van der Waals surface area contributed by atoms with Gasteiger partial charge in [0.2, 0.25) is 5.82 Å². The number of nitrogens with one attached hydrogen (secondary N) is 1. The summed E-state index contributed by atoms with van der Waals surface area (Å²) in [6.07, 6.45) is 0. The molecule has 88 valence electrons. The highest BCUT2D eigenvalue weighted by atomic mass is 19.1. The van der Waals surface area contributed by atoms with Gasteiger partial charge in [-0.05, 0) is 19.1 Å². The van der Waals surface area contributed by atoms with Gasteiger partial charge in [0.1, 0.15) is 0 Å². The molecule has 0 atom stereocenters. The van der Waals surface area contributed by atoms with Gasteiger partial charge in [0.15, 0.2) is 0 Å². The molecular formula is C11H9FN2O3. The first-order valence-corrected chi connectivity index (χ1v) is 4.68. The second-order valence-electron chi connectivity index (χ2n) is 3.03. The summed E-state index contributed by atoms with van der Waals surface area (Å²) in [5.41, 5.74) is -0.699. The van der Waals surface area contributed by atoms with E-state index in [9.17, 15) is 19.3 Å². The molecule has 1 amide bonds. The third kappa shape index (κ3) is 3.28. The monoisotopic (exact) mass is 236 g/mol. The van der Waals surface area contributed by atoms with Crippen LogP contribution in [0.25, 0.3) is 0 Å². The Morgan fingerprint density at radius 1 is 1.59 bits per heavy atom. The third-order valence-electron chi connectivity index (χ3n) is 1.92. The standard InChI is InChI=1S/C11H9FN2O3/c1-2-3-6-13-11(15)8-4-5-9(12)10(7-8)14(16)17/h4-5,7H,6H2,1H3,(H,13,15). The fraction of sp³-hybridized carbons (Fsp3) is 0.182. The summed E-state index contributed by atoms with van der Waals surface area (Å²) in [4.78, 5) is 21.1. The van der Waals surface area contributed by atoms with E-state index >= 15 is 0 Å². The highest BCUT2D eigenvalue weighted by molar-refractivity contribution is 5.94. The second kappa shape index (κ2) is 5.61. The Hall–Kier alpha value is -2.42. The summed E-state index contributed by atoms with van der Waals surface area (Å²) < 4.78 is 13.0. The highest BCUT2D eigenvalue weighted by Crippen LogP contribution is 2.18. The molecular weight excluding hydrogens is 227 g/mol. The van der Waals surface area contributed by atoms with Crippen molar-refractivity contribution >= 4 is 11.6 Å². The topological polar surface area (TPSA) is 72.2 Å². The maximum Gasteiger partial charge on any atom is 0.305 e. The molecule has 0 aliphatic rings. The number of nitro benzene ring substituents is 1. The van der Waals surface area contributed by atoms with E-state index in [1.165, 1.54) is 6.07 Å². The van der Waals surface area contributed by atoms with Crippen molar-refractivity contribution in [3.63, 3.8) is 0 Å². The molecule has 0 radical (unpaired) electrons. The molecule has 1 N–H and O–H groups in total. The number of amides is 1. The Balaban J connectivity index is 2.90. The quantitative estimate of drug-likeness (QED) is 0.491. The van der Waals surface area contributed by atoms with Crippen molar-refractivity contribution in [1.29, 1.82) is 0 Å². The second-order valence-corrected chi connectivity index (χ2v) is 3.03. The van der Waals surface area contributed by atoms with E-state index in [0.29, 0.717) is 0 Å². The molecule has 0 aliphatic carbocycles. The normalized spacial score (nSPS) is 9.06. The number of nitrogens with zero attached hydrogens (tertiary/aromatic N) is 1. The Morgan fingerprint density at radius 2 is 2.29 bits per heavy atom. The smallest absolute Gasteiger partial charge is 0.305 e. The summed E-state index contributed by atoms with van der Waals surface area (Å²) >= 11 is 0. The summed E-state index contributed by atoms with van der Waals surface area (Å²) in [5, 5.41) is 12.9. The minimum atomic E-state index is -0.972. The van der Waals surface area contributed by atoms with Crippen LogP contribution in [0.3, 0.4) is 0 Å². The lowest BCUT2D eigenvalue weighted by molar-refractivity contribution is -0.387. The van der Waals surface area contributed by atoms with Gasteiger partial charge in [-0.15, -0.1) is 5.92 Å². The molecule has 1 aromatic rings. The SMILES string of the molecule is CC#CCNC(=O)c1ccc(F)c([N+](=O)[O-])c1. The van der Waals surface area contributed by atoms with Crippen LogP contribution in [0.15, 0.2) is 18.2 Å². The zero-order chi connectivity index (χ0) is 12.8. The fourth-order valence-electron chi connectivity index (χ4n) is 1.11. The number of benzene rings is 1. The van der Waals surface area contributed by atoms with E-state index in [0.717, 1.165) is 12.1 Å². The van der Waals surface area contributed by atoms with E-state index in [1.54, 1.807) is 6.92 Å². The van der Waals surface area contributed by atoms with Gasteiger partial charge in [-0.1, -0.05) is 5.92 Å². The summed E-state index contributed by atoms with van der Waals surface area (Å²) in [6.45, 7) is 1.76. The van der Waals surface area contributed by atoms with Crippen LogP contribution in [0.4, 0.5) is 10.1 Å². The molecule has 0 bridgehead atoms. The number of hydrogen-bond acceptors (Lipinski definition) is 3. The molecule has 0 aliphatic heterocycles. The number of nitro groups is 1. The highest BCUT2D eigenvalue weighted by Gasteiger charge is 2.16. The first kappa shape index (κ1) is 12.6. The van der Waals surface area contributed by atoms with Crippen molar-refractivity contribution in [2.24, 2.45) is 0 Å². The molecule has 5 nitrogen and oxygen atoms in total. The lowest BCUT2D eigenvalue weighted by Crippen LogP contribution is -2.23. The predicted octanol–water partition coefficient (Wildman–Crippen LogP) is 1.49. The van der Waals surface area contributed by atoms with Crippen molar-refractivity contribution in [3.05, 3.63) is 39.7 Å². The van der Waals surface area contributed by atoms with Gasteiger partial charge < -0.3 is 5.32 Å². The molecule has 0 fully saturated rings. The average molecular weight is 236 g/mol. The Labute approximate surface area is 96.8 Å². The van der Waals surface area contributed by atoms with Gasteiger partial charge in [-0.25, -0.2) is 0 Å². The molecule has 1 rings (SSSR count). The van der Waals surface area contributed by atoms with Crippen molar-refractivity contribution in [3.8, 4) is 11.8 Å². The first-order chi connectivity index (χ1) is 8.06. The van der Waals surface area contributed by atoms with Crippen molar-refractivity contribution in [2.45, 2.75) is 6.92 Å². The third-order valence-corrected chi connectivity index (χ3v) is 1.92. The van der Waals surface area contributed by atoms with E-state index in [2.05, 4.69) is 17.2 Å². The molecule has 0 saturated heterocycles. The fourth-order valence-corrected chi connectivity index (χ4v) is 1.11. The van der Waals surface area contributed by atoms with Crippen LogP contribution in [-0.2, 0) is 0 Å². The number of carbonyl (C=O) groups is 1. The molecule has 6 heteroatoms. The van der Waals surface area contributed by atoms with Gasteiger partial charge in [-0.2, -0.15) is 4.39 Å². The minimum absolute atomic E-state index is 0.0241. The first-order valence-electron chi connectivity index (χ1n) is 4.68. The van der Waals surface area contributed by atoms with Gasteiger partial charge >= 0.3 is 5.69 Å². The molecule has 0 spiro atoms. The van der Waals surface area contributed by atoms with Gasteiger partial charge in [0.05, 0.1) is 11.5 Å². The van der Waals surface area contributed by atoms with E-state index in [4.69, 9.17) is 0 Å². The van der Waals surface area contributed by atoms with Crippen LogP contribution in [0, 0.1) is 27.8 Å². The molecule has 0 aromatic heterocycles. The van der Waals surface area contributed by atoms with Crippen molar-refractivity contribution < 1.29 is 14.1 Å². The summed E-state index contributed by atoms with van der Waals surface area (Å²) in [6, 6.07) is 2.96. The predicted molar refractivity (Wildman–Crippen MR) is 58.8 cm³/mol.